The molecule has 1 rings (SSSR count). The molecule has 1 N–H and O–H groups in total. The van der Waals surface area contributed by atoms with Gasteiger partial charge in [-0.15, -0.1) is 0 Å². The molecule has 0 atom stereocenters. The molecule has 15 heavy (non-hydrogen) atoms. The highest BCUT2D eigenvalue weighted by atomic mass is 35.5. The van der Waals surface area contributed by atoms with Gasteiger partial charge in [-0.2, -0.15) is 0 Å². The fourth-order valence-corrected chi connectivity index (χ4v) is 1.12. The van der Waals surface area contributed by atoms with Crippen LogP contribution in [0, 0.1) is 5.41 Å². The van der Waals surface area contributed by atoms with E-state index in [2.05, 4.69) is 31.1 Å². The first-order valence-electron chi connectivity index (χ1n) is 4.78. The number of hydrogen-bond donors (Lipinski definition) is 1. The lowest BCUT2D eigenvalue weighted by Crippen LogP contribution is -2.32. The highest BCUT2D eigenvalue weighted by molar-refractivity contribution is 6.30. The van der Waals surface area contributed by atoms with Crippen molar-refractivity contribution in [2.24, 2.45) is 5.41 Å². The number of carbonyl (C=O) groups excluding carboxylic acids is 1. The van der Waals surface area contributed by atoms with Gasteiger partial charge < -0.3 is 5.32 Å². The van der Waals surface area contributed by atoms with Gasteiger partial charge in [0, 0.05) is 17.8 Å². The zero-order chi connectivity index (χ0) is 11.5. The van der Waals surface area contributed by atoms with E-state index in [1.807, 2.05) is 0 Å². The van der Waals surface area contributed by atoms with Crippen LogP contribution in [0.25, 0.3) is 0 Å². The van der Waals surface area contributed by atoms with Crippen LogP contribution in [0.3, 0.4) is 0 Å². The van der Waals surface area contributed by atoms with Gasteiger partial charge in [-0.1, -0.05) is 32.4 Å². The second-order valence-corrected chi connectivity index (χ2v) is 5.04. The minimum Gasteiger partial charge on any atom is -0.350 e. The van der Waals surface area contributed by atoms with Gasteiger partial charge in [0.25, 0.3) is 5.91 Å². The van der Waals surface area contributed by atoms with E-state index in [1.54, 1.807) is 12.1 Å². The number of hydrogen-bond acceptors (Lipinski definition) is 2. The summed E-state index contributed by atoms with van der Waals surface area (Å²) in [6.07, 6.45) is 1.52. The van der Waals surface area contributed by atoms with Crippen LogP contribution in [0.1, 0.15) is 31.3 Å². The van der Waals surface area contributed by atoms with Crippen LogP contribution in [-0.4, -0.2) is 17.4 Å². The Morgan fingerprint density at radius 3 is 2.73 bits per heavy atom. The lowest BCUT2D eigenvalue weighted by molar-refractivity contribution is 0.0934. The molecule has 0 bridgehead atoms. The van der Waals surface area contributed by atoms with Gasteiger partial charge in [-0.05, 0) is 17.5 Å². The molecule has 0 saturated heterocycles. The largest absolute Gasteiger partial charge is 0.350 e. The Bertz CT molecular complexity index is 358. The summed E-state index contributed by atoms with van der Waals surface area (Å²) in [5, 5.41) is 3.33. The zero-order valence-electron chi connectivity index (χ0n) is 9.17. The summed E-state index contributed by atoms with van der Waals surface area (Å²) in [5.41, 5.74) is 0.417. The number of carbonyl (C=O) groups is 1. The van der Waals surface area contributed by atoms with E-state index in [4.69, 9.17) is 11.6 Å². The third-order valence-electron chi connectivity index (χ3n) is 1.73. The Hall–Kier alpha value is -1.09. The van der Waals surface area contributed by atoms with E-state index >= 15 is 0 Å². The molecule has 0 aromatic carbocycles. The normalized spacial score (nSPS) is 11.2. The molecule has 1 heterocycles. The topological polar surface area (TPSA) is 42.0 Å². The first-order chi connectivity index (χ1) is 6.88. The molecule has 4 heteroatoms. The minimum absolute atomic E-state index is 0.0637. The average molecular weight is 227 g/mol. The Kier molecular flexibility index (Phi) is 3.69. The molecule has 0 unspecified atom stereocenters. The Morgan fingerprint density at radius 2 is 2.20 bits per heavy atom. The zero-order valence-corrected chi connectivity index (χ0v) is 9.93. The molecule has 0 radical (unpaired) electrons. The summed E-state index contributed by atoms with van der Waals surface area (Å²) in [4.78, 5) is 15.6. The van der Waals surface area contributed by atoms with Crippen LogP contribution < -0.4 is 5.32 Å². The Morgan fingerprint density at radius 1 is 1.53 bits per heavy atom. The fourth-order valence-electron chi connectivity index (χ4n) is 0.965. The van der Waals surface area contributed by atoms with Crippen LogP contribution in [0.15, 0.2) is 18.3 Å². The first-order valence-corrected chi connectivity index (χ1v) is 5.16. The van der Waals surface area contributed by atoms with E-state index in [1.165, 1.54) is 6.20 Å². The molecule has 0 aliphatic carbocycles. The van der Waals surface area contributed by atoms with Crippen LogP contribution in [0.2, 0.25) is 5.02 Å². The van der Waals surface area contributed by atoms with E-state index in [9.17, 15) is 4.79 Å². The number of halogens is 1. The number of rotatable bonds is 2. The predicted molar refractivity (Wildman–Crippen MR) is 61.0 cm³/mol. The summed E-state index contributed by atoms with van der Waals surface area (Å²) in [6.45, 7) is 6.77. The van der Waals surface area contributed by atoms with Crippen LogP contribution in [0.5, 0.6) is 0 Å². The van der Waals surface area contributed by atoms with Crippen molar-refractivity contribution in [2.45, 2.75) is 20.8 Å². The maximum Gasteiger partial charge on any atom is 0.269 e. The van der Waals surface area contributed by atoms with Crippen molar-refractivity contribution >= 4 is 17.5 Å². The number of aromatic nitrogens is 1. The molecule has 0 saturated carbocycles. The third kappa shape index (κ3) is 4.30. The number of nitrogens with zero attached hydrogens (tertiary/aromatic N) is 1. The van der Waals surface area contributed by atoms with E-state index in [0.29, 0.717) is 17.3 Å². The van der Waals surface area contributed by atoms with Crippen molar-refractivity contribution in [3.8, 4) is 0 Å². The molecule has 0 aliphatic heterocycles. The van der Waals surface area contributed by atoms with Gasteiger partial charge in [-0.3, -0.25) is 9.78 Å². The Labute approximate surface area is 94.9 Å². The van der Waals surface area contributed by atoms with Crippen molar-refractivity contribution in [2.75, 3.05) is 6.54 Å². The highest BCUT2D eigenvalue weighted by Crippen LogP contribution is 2.11. The van der Waals surface area contributed by atoms with E-state index in [-0.39, 0.29) is 11.3 Å². The minimum atomic E-state index is -0.188. The standard InChI is InChI=1S/C11H15ClN2O/c1-11(2,3)7-14-10(15)9-6-8(12)4-5-13-9/h4-6H,7H2,1-3H3,(H,14,15). The summed E-state index contributed by atoms with van der Waals surface area (Å²) in [5.74, 6) is -0.188. The fraction of sp³-hybridized carbons (Fsp3) is 0.455. The molecule has 3 nitrogen and oxygen atoms in total. The maximum absolute atomic E-state index is 11.6. The molecule has 1 aromatic rings. The van der Waals surface area contributed by atoms with Gasteiger partial charge >= 0.3 is 0 Å². The molecule has 0 aliphatic rings. The quantitative estimate of drug-likeness (QED) is 0.842. The Balaban J connectivity index is 2.62. The van der Waals surface area contributed by atoms with Crippen LogP contribution in [0.4, 0.5) is 0 Å². The van der Waals surface area contributed by atoms with E-state index in [0.717, 1.165) is 0 Å². The molecular weight excluding hydrogens is 212 g/mol. The molecule has 0 spiro atoms. The molecule has 1 aromatic heterocycles. The lowest BCUT2D eigenvalue weighted by atomic mass is 9.97. The van der Waals surface area contributed by atoms with Crippen molar-refractivity contribution in [1.82, 2.24) is 10.3 Å². The van der Waals surface area contributed by atoms with Crippen molar-refractivity contribution in [3.05, 3.63) is 29.0 Å². The number of pyridine rings is 1. The summed E-state index contributed by atoms with van der Waals surface area (Å²) >= 11 is 5.76. The second kappa shape index (κ2) is 4.62. The van der Waals surface area contributed by atoms with Crippen molar-refractivity contribution < 1.29 is 4.79 Å². The summed E-state index contributed by atoms with van der Waals surface area (Å²) in [7, 11) is 0. The van der Waals surface area contributed by atoms with Gasteiger partial charge in [0.1, 0.15) is 5.69 Å². The second-order valence-electron chi connectivity index (χ2n) is 4.60. The first kappa shape index (κ1) is 12.0. The average Bonchev–Trinajstić information content (AvgIpc) is 2.13. The highest BCUT2D eigenvalue weighted by Gasteiger charge is 2.13. The number of amides is 1. The van der Waals surface area contributed by atoms with Gasteiger partial charge in [0.2, 0.25) is 0 Å². The summed E-state index contributed by atoms with van der Waals surface area (Å²) < 4.78 is 0. The van der Waals surface area contributed by atoms with Crippen molar-refractivity contribution in [1.29, 1.82) is 0 Å². The van der Waals surface area contributed by atoms with Crippen molar-refractivity contribution in [3.63, 3.8) is 0 Å². The number of nitrogens with one attached hydrogen (secondary N) is 1. The smallest absolute Gasteiger partial charge is 0.269 e. The monoisotopic (exact) mass is 226 g/mol. The van der Waals surface area contributed by atoms with Crippen LogP contribution in [-0.2, 0) is 0 Å². The SMILES string of the molecule is CC(C)(C)CNC(=O)c1cc(Cl)ccn1. The van der Waals surface area contributed by atoms with Gasteiger partial charge in [-0.25, -0.2) is 0 Å². The maximum atomic E-state index is 11.6. The van der Waals surface area contributed by atoms with Gasteiger partial charge in [0.15, 0.2) is 0 Å². The predicted octanol–water partition coefficient (Wildman–Crippen LogP) is 2.51. The van der Waals surface area contributed by atoms with Gasteiger partial charge in [0.05, 0.1) is 0 Å². The third-order valence-corrected chi connectivity index (χ3v) is 1.97. The summed E-state index contributed by atoms with van der Waals surface area (Å²) in [6, 6.07) is 3.20. The molecule has 1 amide bonds. The van der Waals surface area contributed by atoms with E-state index < -0.39 is 0 Å². The molecule has 0 fully saturated rings. The molecular formula is C11H15ClN2O. The molecule has 82 valence electrons. The van der Waals surface area contributed by atoms with Crippen LogP contribution >= 0.6 is 11.6 Å². The lowest BCUT2D eigenvalue weighted by Gasteiger charge is -2.18.